The van der Waals surface area contributed by atoms with Crippen LogP contribution >= 0.6 is 0 Å². The van der Waals surface area contributed by atoms with E-state index in [1.165, 1.54) is 6.92 Å². The van der Waals surface area contributed by atoms with E-state index < -0.39 is 15.5 Å². The third-order valence-corrected chi connectivity index (χ3v) is 2.71. The molecule has 0 bridgehead atoms. The zero-order valence-corrected chi connectivity index (χ0v) is 8.45. The molecule has 0 spiro atoms. The third-order valence-electron chi connectivity index (χ3n) is 1.70. The summed E-state index contributed by atoms with van der Waals surface area (Å²) in [5.74, 6) is 0. The number of rotatable bonds is 3. The molecule has 1 unspecified atom stereocenters. The molecule has 1 rings (SSSR count). The Morgan fingerprint density at radius 2 is 2.14 bits per heavy atom. The molecule has 0 radical (unpaired) electrons. The van der Waals surface area contributed by atoms with Gasteiger partial charge < -0.3 is 11.1 Å². The zero-order valence-electron chi connectivity index (χ0n) is 7.64. The van der Waals surface area contributed by atoms with Crippen molar-refractivity contribution in [1.82, 2.24) is 0 Å². The molecule has 1 aromatic carbocycles. The minimum atomic E-state index is -4.07. The van der Waals surface area contributed by atoms with Crippen LogP contribution in [0, 0.1) is 0 Å². The summed E-state index contributed by atoms with van der Waals surface area (Å²) in [6.45, 7) is 1.35. The minimum Gasteiger partial charge on any atom is -0.399 e. The highest BCUT2D eigenvalue weighted by Gasteiger charge is 2.16. The molecule has 0 aliphatic carbocycles. The predicted molar refractivity (Wildman–Crippen MR) is 55.5 cm³/mol. The lowest BCUT2D eigenvalue weighted by Crippen LogP contribution is -2.25. The van der Waals surface area contributed by atoms with Crippen molar-refractivity contribution in [3.05, 3.63) is 24.3 Å². The fourth-order valence-corrected chi connectivity index (χ4v) is 1.22. The van der Waals surface area contributed by atoms with Gasteiger partial charge in [0.15, 0.2) is 5.37 Å². The Kier molecular flexibility index (Phi) is 2.97. The van der Waals surface area contributed by atoms with Crippen molar-refractivity contribution in [2.45, 2.75) is 12.3 Å². The first-order valence-corrected chi connectivity index (χ1v) is 5.48. The summed E-state index contributed by atoms with van der Waals surface area (Å²) in [6.07, 6.45) is 0. The van der Waals surface area contributed by atoms with Gasteiger partial charge in [-0.3, -0.25) is 4.55 Å². The highest BCUT2D eigenvalue weighted by Crippen LogP contribution is 2.13. The van der Waals surface area contributed by atoms with E-state index in [4.69, 9.17) is 10.3 Å². The van der Waals surface area contributed by atoms with E-state index in [9.17, 15) is 8.42 Å². The van der Waals surface area contributed by atoms with E-state index in [1.807, 2.05) is 0 Å². The molecule has 0 saturated carbocycles. The quantitative estimate of drug-likeness (QED) is 0.516. The molecule has 1 atom stereocenters. The normalized spacial score (nSPS) is 13.6. The molecule has 1 aromatic rings. The molecule has 0 amide bonds. The van der Waals surface area contributed by atoms with Crippen LogP contribution in [-0.2, 0) is 10.1 Å². The highest BCUT2D eigenvalue weighted by atomic mass is 32.2. The standard InChI is InChI=1S/C8H12N2O3S/c1-6(14(11,12)13)10-8-4-2-3-7(9)5-8/h2-6,10H,9H2,1H3,(H,11,12,13). The van der Waals surface area contributed by atoms with Crippen LogP contribution in [0.5, 0.6) is 0 Å². The maximum Gasteiger partial charge on any atom is 0.285 e. The summed E-state index contributed by atoms with van der Waals surface area (Å²) in [6, 6.07) is 6.62. The van der Waals surface area contributed by atoms with Crippen LogP contribution in [-0.4, -0.2) is 18.3 Å². The zero-order chi connectivity index (χ0) is 10.8. The Bertz CT molecular complexity index is 416. The monoisotopic (exact) mass is 216 g/mol. The average Bonchev–Trinajstić information content (AvgIpc) is 2.02. The van der Waals surface area contributed by atoms with Crippen molar-refractivity contribution in [3.63, 3.8) is 0 Å². The van der Waals surface area contributed by atoms with Gasteiger partial charge in [0.25, 0.3) is 10.1 Å². The van der Waals surface area contributed by atoms with E-state index in [-0.39, 0.29) is 0 Å². The molecule has 4 N–H and O–H groups in total. The smallest absolute Gasteiger partial charge is 0.285 e. The van der Waals surface area contributed by atoms with Crippen molar-refractivity contribution >= 4 is 21.5 Å². The van der Waals surface area contributed by atoms with E-state index >= 15 is 0 Å². The molecule has 0 aliphatic heterocycles. The van der Waals surface area contributed by atoms with E-state index in [1.54, 1.807) is 24.3 Å². The van der Waals surface area contributed by atoms with Gasteiger partial charge in [0.2, 0.25) is 0 Å². The Morgan fingerprint density at radius 3 is 2.64 bits per heavy atom. The second-order valence-electron chi connectivity index (χ2n) is 2.93. The first-order chi connectivity index (χ1) is 6.39. The number of anilines is 2. The van der Waals surface area contributed by atoms with Gasteiger partial charge in [-0.1, -0.05) is 6.07 Å². The van der Waals surface area contributed by atoms with Crippen LogP contribution in [0.2, 0.25) is 0 Å². The average molecular weight is 216 g/mol. The number of nitrogens with one attached hydrogen (secondary N) is 1. The van der Waals surface area contributed by atoms with Crippen LogP contribution in [0.4, 0.5) is 11.4 Å². The van der Waals surface area contributed by atoms with E-state index in [0.29, 0.717) is 11.4 Å². The fraction of sp³-hybridized carbons (Fsp3) is 0.250. The SMILES string of the molecule is CC(Nc1cccc(N)c1)S(=O)(=O)O. The largest absolute Gasteiger partial charge is 0.399 e. The van der Waals surface area contributed by atoms with Gasteiger partial charge in [-0.2, -0.15) is 8.42 Å². The van der Waals surface area contributed by atoms with Gasteiger partial charge in [-0.25, -0.2) is 0 Å². The Labute approximate surface area is 82.7 Å². The molecule has 6 heteroatoms. The fourth-order valence-electron chi connectivity index (χ4n) is 0.938. The Hall–Kier alpha value is -1.27. The van der Waals surface area contributed by atoms with Crippen LogP contribution in [0.1, 0.15) is 6.92 Å². The van der Waals surface area contributed by atoms with Crippen LogP contribution in [0.3, 0.4) is 0 Å². The van der Waals surface area contributed by atoms with Crippen molar-refractivity contribution in [1.29, 1.82) is 0 Å². The summed E-state index contributed by atoms with van der Waals surface area (Å²) in [7, 11) is -4.07. The molecule has 0 saturated heterocycles. The number of nitrogens with two attached hydrogens (primary N) is 1. The molecule has 14 heavy (non-hydrogen) atoms. The second kappa shape index (κ2) is 3.85. The van der Waals surface area contributed by atoms with Crippen LogP contribution in [0.15, 0.2) is 24.3 Å². The molecular formula is C8H12N2O3S. The maximum atomic E-state index is 10.7. The van der Waals surface area contributed by atoms with Gasteiger partial charge in [-0.05, 0) is 25.1 Å². The van der Waals surface area contributed by atoms with Gasteiger partial charge >= 0.3 is 0 Å². The van der Waals surface area contributed by atoms with Gasteiger partial charge in [0.05, 0.1) is 0 Å². The van der Waals surface area contributed by atoms with Crippen LogP contribution < -0.4 is 11.1 Å². The first-order valence-electron chi connectivity index (χ1n) is 3.98. The number of benzene rings is 1. The maximum absolute atomic E-state index is 10.7. The van der Waals surface area contributed by atoms with Crippen molar-refractivity contribution < 1.29 is 13.0 Å². The van der Waals surface area contributed by atoms with Crippen molar-refractivity contribution in [2.75, 3.05) is 11.1 Å². The van der Waals surface area contributed by atoms with Gasteiger partial charge in [-0.15, -0.1) is 0 Å². The topological polar surface area (TPSA) is 92.4 Å². The number of hydrogen-bond acceptors (Lipinski definition) is 4. The Morgan fingerprint density at radius 1 is 1.50 bits per heavy atom. The lowest BCUT2D eigenvalue weighted by atomic mass is 10.3. The van der Waals surface area contributed by atoms with Crippen molar-refractivity contribution in [2.24, 2.45) is 0 Å². The lowest BCUT2D eigenvalue weighted by molar-refractivity contribution is 0.475. The molecule has 5 nitrogen and oxygen atoms in total. The number of nitrogen functional groups attached to an aromatic ring is 1. The predicted octanol–water partition coefficient (Wildman–Crippen LogP) is 0.915. The molecule has 0 aromatic heterocycles. The Balaban J connectivity index is 2.80. The lowest BCUT2D eigenvalue weighted by Gasteiger charge is -2.12. The first kappa shape index (κ1) is 10.8. The van der Waals surface area contributed by atoms with E-state index in [2.05, 4.69) is 5.32 Å². The summed E-state index contributed by atoms with van der Waals surface area (Å²) < 4.78 is 30.1. The summed E-state index contributed by atoms with van der Waals surface area (Å²) >= 11 is 0. The molecule has 78 valence electrons. The van der Waals surface area contributed by atoms with E-state index in [0.717, 1.165) is 0 Å². The third kappa shape index (κ3) is 2.90. The number of hydrogen-bond donors (Lipinski definition) is 3. The van der Waals surface area contributed by atoms with Gasteiger partial charge in [0, 0.05) is 11.4 Å². The molecular weight excluding hydrogens is 204 g/mol. The summed E-state index contributed by atoms with van der Waals surface area (Å²) in [4.78, 5) is 0. The van der Waals surface area contributed by atoms with Gasteiger partial charge in [0.1, 0.15) is 0 Å². The second-order valence-corrected chi connectivity index (χ2v) is 4.66. The minimum absolute atomic E-state index is 0.525. The summed E-state index contributed by atoms with van der Waals surface area (Å²) in [5.41, 5.74) is 6.57. The molecule has 0 fully saturated rings. The van der Waals surface area contributed by atoms with Crippen LogP contribution in [0.25, 0.3) is 0 Å². The molecule has 0 aliphatic rings. The highest BCUT2D eigenvalue weighted by molar-refractivity contribution is 7.86. The summed E-state index contributed by atoms with van der Waals surface area (Å²) in [5, 5.41) is 1.55. The molecule has 0 heterocycles. The van der Waals surface area contributed by atoms with Crippen molar-refractivity contribution in [3.8, 4) is 0 Å².